The summed E-state index contributed by atoms with van der Waals surface area (Å²) in [5.41, 5.74) is 0.920. The van der Waals surface area contributed by atoms with Crippen LogP contribution in [-0.2, 0) is 0 Å². The number of nitrogens with zero attached hydrogens (tertiary/aromatic N) is 2. The van der Waals surface area contributed by atoms with Gasteiger partial charge in [0.25, 0.3) is 0 Å². The van der Waals surface area contributed by atoms with Crippen LogP contribution in [0.25, 0.3) is 10.9 Å². The summed E-state index contributed by atoms with van der Waals surface area (Å²) in [6.45, 7) is 6.74. The van der Waals surface area contributed by atoms with Gasteiger partial charge in [-0.1, -0.05) is 64.1 Å². The first-order valence-corrected chi connectivity index (χ1v) is 13.0. The van der Waals surface area contributed by atoms with Crippen molar-refractivity contribution < 1.29 is 13.9 Å². The zero-order valence-corrected chi connectivity index (χ0v) is 22.0. The molecule has 7 heteroatoms. The summed E-state index contributed by atoms with van der Waals surface area (Å²) in [7, 11) is 1.61. The fraction of sp³-hybridized carbons (Fsp3) is 0.500. The molecule has 35 heavy (non-hydrogen) atoms. The first-order valence-electron chi connectivity index (χ1n) is 12.7. The molecule has 0 saturated heterocycles. The van der Waals surface area contributed by atoms with Gasteiger partial charge in [-0.15, -0.1) is 0 Å². The molecule has 5 nitrogen and oxygen atoms in total. The van der Waals surface area contributed by atoms with E-state index >= 15 is 0 Å². The van der Waals surface area contributed by atoms with Gasteiger partial charge in [-0.05, 0) is 49.8 Å². The molecule has 3 aromatic rings. The number of benzene rings is 2. The SMILES string of the molecule is CCCCCC.COc1cc2ncnc(Nc3cccc(Cl)c3F)c2cc1OC1CCC(C)CC1. The van der Waals surface area contributed by atoms with E-state index in [1.807, 2.05) is 12.1 Å². The van der Waals surface area contributed by atoms with Crippen molar-refractivity contribution in [1.82, 2.24) is 9.97 Å². The van der Waals surface area contributed by atoms with Gasteiger partial charge in [-0.3, -0.25) is 0 Å². The normalized spacial score (nSPS) is 17.4. The Hall–Kier alpha value is -2.60. The Bertz CT molecular complexity index is 1080. The summed E-state index contributed by atoms with van der Waals surface area (Å²) in [4.78, 5) is 8.62. The number of anilines is 2. The van der Waals surface area contributed by atoms with Crippen molar-refractivity contribution in [2.75, 3.05) is 12.4 Å². The summed E-state index contributed by atoms with van der Waals surface area (Å²) in [6.07, 6.45) is 11.5. The summed E-state index contributed by atoms with van der Waals surface area (Å²) < 4.78 is 26.1. The summed E-state index contributed by atoms with van der Waals surface area (Å²) >= 11 is 5.90. The topological polar surface area (TPSA) is 56.3 Å². The maximum absolute atomic E-state index is 14.3. The third-order valence-corrected chi connectivity index (χ3v) is 6.63. The number of nitrogens with one attached hydrogen (secondary N) is 1. The number of rotatable bonds is 8. The Morgan fingerprint density at radius 1 is 1.03 bits per heavy atom. The van der Waals surface area contributed by atoms with Gasteiger partial charge in [0.15, 0.2) is 17.3 Å². The van der Waals surface area contributed by atoms with Crippen LogP contribution >= 0.6 is 11.6 Å². The van der Waals surface area contributed by atoms with E-state index in [1.165, 1.54) is 38.1 Å². The van der Waals surface area contributed by atoms with E-state index in [0.29, 0.717) is 28.2 Å². The van der Waals surface area contributed by atoms with Crippen molar-refractivity contribution in [3.63, 3.8) is 0 Å². The lowest BCUT2D eigenvalue weighted by atomic mass is 9.89. The zero-order valence-electron chi connectivity index (χ0n) is 21.2. The minimum atomic E-state index is -0.526. The van der Waals surface area contributed by atoms with E-state index < -0.39 is 5.82 Å². The third kappa shape index (κ3) is 7.44. The second-order valence-electron chi connectivity index (χ2n) is 9.18. The van der Waals surface area contributed by atoms with Crippen LogP contribution in [0, 0.1) is 11.7 Å². The average molecular weight is 502 g/mol. The molecule has 0 unspecified atom stereocenters. The highest BCUT2D eigenvalue weighted by Crippen LogP contribution is 2.37. The van der Waals surface area contributed by atoms with Crippen LogP contribution in [0.15, 0.2) is 36.7 Å². The van der Waals surface area contributed by atoms with Crippen LogP contribution in [-0.4, -0.2) is 23.2 Å². The molecule has 0 radical (unpaired) electrons. The standard InChI is InChI=1S/C22H23ClFN3O2.C6H14/c1-13-6-8-14(9-7-13)29-20-10-15-18(11-19(20)28-2)25-12-26-22(15)27-17-5-3-4-16(23)21(17)24;1-3-5-6-4-2/h3-5,10-14H,6-9H2,1-2H3,(H,25,26,27);3-6H2,1-2H3. The lowest BCUT2D eigenvalue weighted by molar-refractivity contribution is 0.131. The Labute approximate surface area is 213 Å². The Morgan fingerprint density at radius 2 is 1.74 bits per heavy atom. The summed E-state index contributed by atoms with van der Waals surface area (Å²) in [5, 5.41) is 3.78. The van der Waals surface area contributed by atoms with Gasteiger partial charge >= 0.3 is 0 Å². The van der Waals surface area contributed by atoms with Gasteiger partial charge in [0.2, 0.25) is 0 Å². The molecule has 190 valence electrons. The molecule has 1 fully saturated rings. The number of fused-ring (bicyclic) bond motifs is 1. The molecule has 2 aromatic carbocycles. The molecule has 1 saturated carbocycles. The van der Waals surface area contributed by atoms with Crippen LogP contribution in [0.3, 0.4) is 0 Å². The van der Waals surface area contributed by atoms with Crippen LogP contribution in [0.2, 0.25) is 5.02 Å². The number of hydrogen-bond donors (Lipinski definition) is 1. The van der Waals surface area contributed by atoms with E-state index in [2.05, 4.69) is 36.1 Å². The Balaban J connectivity index is 0.000000509. The monoisotopic (exact) mass is 501 g/mol. The largest absolute Gasteiger partial charge is 0.493 e. The number of aromatic nitrogens is 2. The minimum Gasteiger partial charge on any atom is -0.493 e. The van der Waals surface area contributed by atoms with Gasteiger partial charge in [0, 0.05) is 11.5 Å². The Kier molecular flexibility index (Phi) is 10.4. The molecule has 1 N–H and O–H groups in total. The molecule has 0 aliphatic heterocycles. The van der Waals surface area contributed by atoms with Gasteiger partial charge < -0.3 is 14.8 Å². The molecule has 4 rings (SSSR count). The van der Waals surface area contributed by atoms with Gasteiger partial charge in [0.05, 0.1) is 29.4 Å². The lowest BCUT2D eigenvalue weighted by Crippen LogP contribution is -2.23. The number of ether oxygens (including phenoxy) is 2. The van der Waals surface area contributed by atoms with Gasteiger partial charge in [0.1, 0.15) is 12.1 Å². The molecule has 1 aliphatic carbocycles. The predicted octanol–water partition coefficient (Wildman–Crippen LogP) is 8.72. The van der Waals surface area contributed by atoms with E-state index in [0.717, 1.165) is 31.6 Å². The second kappa shape index (κ2) is 13.5. The van der Waals surface area contributed by atoms with Crippen molar-refractivity contribution in [1.29, 1.82) is 0 Å². The lowest BCUT2D eigenvalue weighted by Gasteiger charge is -2.27. The van der Waals surface area contributed by atoms with E-state index in [-0.39, 0.29) is 16.8 Å². The Morgan fingerprint density at radius 3 is 2.40 bits per heavy atom. The smallest absolute Gasteiger partial charge is 0.165 e. The third-order valence-electron chi connectivity index (χ3n) is 6.34. The molecule has 0 spiro atoms. The van der Waals surface area contributed by atoms with Crippen molar-refractivity contribution in [2.45, 2.75) is 78.2 Å². The number of unbranched alkanes of at least 4 members (excludes halogenated alkanes) is 3. The van der Waals surface area contributed by atoms with Crippen molar-refractivity contribution in [2.24, 2.45) is 5.92 Å². The quantitative estimate of drug-likeness (QED) is 0.313. The summed E-state index contributed by atoms with van der Waals surface area (Å²) in [6, 6.07) is 8.47. The van der Waals surface area contributed by atoms with Crippen molar-refractivity contribution in [3.8, 4) is 11.5 Å². The maximum Gasteiger partial charge on any atom is 0.165 e. The fourth-order valence-electron chi connectivity index (χ4n) is 4.17. The minimum absolute atomic E-state index is 0.0468. The second-order valence-corrected chi connectivity index (χ2v) is 9.58. The maximum atomic E-state index is 14.3. The van der Waals surface area contributed by atoms with E-state index in [9.17, 15) is 4.39 Å². The molecule has 1 aromatic heterocycles. The van der Waals surface area contributed by atoms with Crippen LogP contribution in [0.5, 0.6) is 11.5 Å². The van der Waals surface area contributed by atoms with E-state index in [1.54, 1.807) is 19.2 Å². The van der Waals surface area contributed by atoms with Crippen molar-refractivity contribution >= 4 is 34.0 Å². The molecule has 1 aliphatic rings. The highest BCUT2D eigenvalue weighted by atomic mass is 35.5. The highest BCUT2D eigenvalue weighted by molar-refractivity contribution is 6.31. The molecule has 1 heterocycles. The van der Waals surface area contributed by atoms with Crippen molar-refractivity contribution in [3.05, 3.63) is 47.5 Å². The van der Waals surface area contributed by atoms with Crippen LogP contribution < -0.4 is 14.8 Å². The van der Waals surface area contributed by atoms with E-state index in [4.69, 9.17) is 21.1 Å². The highest BCUT2D eigenvalue weighted by Gasteiger charge is 2.22. The molecule has 0 amide bonds. The first-order chi connectivity index (χ1) is 17.0. The van der Waals surface area contributed by atoms with Gasteiger partial charge in [-0.25, -0.2) is 14.4 Å². The zero-order chi connectivity index (χ0) is 25.2. The molecule has 0 atom stereocenters. The summed E-state index contributed by atoms with van der Waals surface area (Å²) in [5.74, 6) is 1.95. The molecular weight excluding hydrogens is 465 g/mol. The molecular formula is C28H37ClFN3O2. The molecule has 0 bridgehead atoms. The number of methoxy groups -OCH3 is 1. The van der Waals surface area contributed by atoms with Crippen LogP contribution in [0.1, 0.15) is 72.1 Å². The number of hydrogen-bond acceptors (Lipinski definition) is 5. The predicted molar refractivity (Wildman–Crippen MR) is 143 cm³/mol. The first kappa shape index (κ1) is 27.0. The van der Waals surface area contributed by atoms with Crippen LogP contribution in [0.4, 0.5) is 15.9 Å². The average Bonchev–Trinajstić information content (AvgIpc) is 2.87. The fourth-order valence-corrected chi connectivity index (χ4v) is 4.34. The van der Waals surface area contributed by atoms with Gasteiger partial charge in [-0.2, -0.15) is 0 Å². The number of halogens is 2.